The van der Waals surface area contributed by atoms with Crippen LogP contribution in [0, 0.1) is 16.7 Å². The molecule has 1 aliphatic rings. The number of aliphatic carboxylic acids is 1. The van der Waals surface area contributed by atoms with Gasteiger partial charge in [0.25, 0.3) is 0 Å². The molecule has 5 nitrogen and oxygen atoms in total. The molecule has 2 N–H and O–H groups in total. The van der Waals surface area contributed by atoms with Crippen molar-refractivity contribution in [2.45, 2.75) is 40.5 Å². The van der Waals surface area contributed by atoms with Crippen LogP contribution in [0.4, 0.5) is 0 Å². The van der Waals surface area contributed by atoms with Crippen LogP contribution in [0.5, 0.6) is 0 Å². The Kier molecular flexibility index (Phi) is 5.19. The van der Waals surface area contributed by atoms with Gasteiger partial charge in [-0.1, -0.05) is 27.7 Å². The minimum Gasteiger partial charge on any atom is -0.481 e. The van der Waals surface area contributed by atoms with Crippen molar-refractivity contribution < 1.29 is 14.7 Å². The number of nitrogens with zero attached hydrogens (tertiary/aromatic N) is 1. The van der Waals surface area contributed by atoms with Crippen LogP contribution in [0.25, 0.3) is 0 Å². The fraction of sp³-hybridized carbons (Fsp3) is 0.867. The van der Waals surface area contributed by atoms with Gasteiger partial charge in [-0.3, -0.25) is 9.59 Å². The highest BCUT2D eigenvalue weighted by Crippen LogP contribution is 2.30. The number of carboxylic acids is 1. The van der Waals surface area contributed by atoms with Crippen LogP contribution in [-0.2, 0) is 9.59 Å². The van der Waals surface area contributed by atoms with Crippen LogP contribution in [0.1, 0.15) is 40.5 Å². The van der Waals surface area contributed by atoms with E-state index in [2.05, 4.69) is 24.2 Å². The Morgan fingerprint density at radius 1 is 1.30 bits per heavy atom. The smallest absolute Gasteiger partial charge is 0.316 e. The summed E-state index contributed by atoms with van der Waals surface area (Å²) in [5.41, 5.74) is -0.507. The minimum absolute atomic E-state index is 0.0725. The number of hydrogen-bond donors (Lipinski definition) is 2. The quantitative estimate of drug-likeness (QED) is 0.769. The molecule has 0 bridgehead atoms. The van der Waals surface area contributed by atoms with Gasteiger partial charge in [-0.15, -0.1) is 0 Å². The number of hydrogen-bond acceptors (Lipinski definition) is 3. The highest BCUT2D eigenvalue weighted by Gasteiger charge is 2.38. The Morgan fingerprint density at radius 2 is 1.80 bits per heavy atom. The van der Waals surface area contributed by atoms with Crippen molar-refractivity contribution in [3.63, 3.8) is 0 Å². The predicted octanol–water partition coefficient (Wildman–Crippen LogP) is 1.58. The van der Waals surface area contributed by atoms with Gasteiger partial charge < -0.3 is 15.3 Å². The first kappa shape index (κ1) is 17.0. The van der Waals surface area contributed by atoms with Crippen molar-refractivity contribution in [3.05, 3.63) is 0 Å². The monoisotopic (exact) mass is 284 g/mol. The van der Waals surface area contributed by atoms with Gasteiger partial charge in [0.1, 0.15) is 5.92 Å². The molecule has 1 saturated heterocycles. The molecule has 1 heterocycles. The summed E-state index contributed by atoms with van der Waals surface area (Å²) in [6.45, 7) is 10.1. The summed E-state index contributed by atoms with van der Waals surface area (Å²) in [7, 11) is 2.10. The van der Waals surface area contributed by atoms with Gasteiger partial charge in [0.05, 0.1) is 0 Å². The molecule has 1 amide bonds. The maximum Gasteiger partial charge on any atom is 0.316 e. The molecule has 116 valence electrons. The van der Waals surface area contributed by atoms with Crippen LogP contribution >= 0.6 is 0 Å². The van der Waals surface area contributed by atoms with Crippen molar-refractivity contribution in [2.75, 3.05) is 26.7 Å². The van der Waals surface area contributed by atoms with Crippen LogP contribution in [0.3, 0.4) is 0 Å². The van der Waals surface area contributed by atoms with Gasteiger partial charge in [0, 0.05) is 6.54 Å². The fourth-order valence-corrected chi connectivity index (χ4v) is 2.61. The summed E-state index contributed by atoms with van der Waals surface area (Å²) >= 11 is 0. The zero-order valence-corrected chi connectivity index (χ0v) is 13.3. The summed E-state index contributed by atoms with van der Waals surface area (Å²) in [4.78, 5) is 25.7. The topological polar surface area (TPSA) is 69.6 Å². The summed E-state index contributed by atoms with van der Waals surface area (Å²) in [5, 5.41) is 12.1. The van der Waals surface area contributed by atoms with Crippen LogP contribution in [0.15, 0.2) is 0 Å². The van der Waals surface area contributed by atoms with E-state index in [4.69, 9.17) is 0 Å². The second kappa shape index (κ2) is 6.12. The van der Waals surface area contributed by atoms with Crippen molar-refractivity contribution >= 4 is 11.9 Å². The van der Waals surface area contributed by atoms with E-state index in [9.17, 15) is 14.7 Å². The number of carbonyl (C=O) groups is 2. The number of carboxylic acid groups (broad SMARTS) is 1. The maximum atomic E-state index is 12.2. The molecule has 5 heteroatoms. The minimum atomic E-state index is -1.05. The van der Waals surface area contributed by atoms with Crippen LogP contribution < -0.4 is 5.32 Å². The summed E-state index contributed by atoms with van der Waals surface area (Å²) in [6.07, 6.45) is 2.05. The highest BCUT2D eigenvalue weighted by atomic mass is 16.4. The highest BCUT2D eigenvalue weighted by molar-refractivity contribution is 5.97. The molecule has 0 aromatic heterocycles. The zero-order valence-electron chi connectivity index (χ0n) is 13.3. The van der Waals surface area contributed by atoms with Crippen molar-refractivity contribution in [2.24, 2.45) is 16.7 Å². The van der Waals surface area contributed by atoms with Gasteiger partial charge in [0.15, 0.2) is 0 Å². The number of amides is 1. The molecule has 1 rings (SSSR count). The zero-order chi connectivity index (χ0) is 15.6. The lowest BCUT2D eigenvalue weighted by atomic mass is 9.78. The van der Waals surface area contributed by atoms with Gasteiger partial charge in [-0.25, -0.2) is 0 Å². The van der Waals surface area contributed by atoms with Crippen molar-refractivity contribution in [1.82, 2.24) is 10.2 Å². The number of piperidine rings is 1. The maximum absolute atomic E-state index is 12.2. The van der Waals surface area contributed by atoms with Crippen molar-refractivity contribution in [1.29, 1.82) is 0 Å². The third-order valence-corrected chi connectivity index (χ3v) is 4.26. The lowest BCUT2D eigenvalue weighted by molar-refractivity contribution is -0.151. The first-order valence-electron chi connectivity index (χ1n) is 7.24. The fourth-order valence-electron chi connectivity index (χ4n) is 2.61. The van der Waals surface area contributed by atoms with E-state index in [-0.39, 0.29) is 11.3 Å². The number of rotatable bonds is 4. The number of carbonyl (C=O) groups excluding carboxylic acids is 1. The average molecular weight is 284 g/mol. The third kappa shape index (κ3) is 4.47. The van der Waals surface area contributed by atoms with E-state index in [1.54, 1.807) is 20.8 Å². The second-order valence-electron chi connectivity index (χ2n) is 7.47. The normalized spacial score (nSPS) is 21.2. The van der Waals surface area contributed by atoms with Gasteiger partial charge in [-0.2, -0.15) is 0 Å². The lowest BCUT2D eigenvalue weighted by Gasteiger charge is -2.38. The molecule has 1 fully saturated rings. The molecule has 1 aliphatic heterocycles. The molecule has 0 aromatic rings. The Bertz CT molecular complexity index is 366. The molecule has 0 aromatic carbocycles. The van der Waals surface area contributed by atoms with Crippen LogP contribution in [0.2, 0.25) is 0 Å². The first-order valence-corrected chi connectivity index (χ1v) is 7.24. The van der Waals surface area contributed by atoms with E-state index < -0.39 is 17.3 Å². The standard InChI is InChI=1S/C15H28N2O3/c1-14(2,3)11(13(19)20)12(18)16-10-15(4)6-8-17(5)9-7-15/h11H,6-10H2,1-5H3,(H,16,18)(H,19,20). The van der Waals surface area contributed by atoms with Crippen LogP contribution in [-0.4, -0.2) is 48.6 Å². The lowest BCUT2D eigenvalue weighted by Crippen LogP contribution is -2.48. The van der Waals surface area contributed by atoms with E-state index in [0.29, 0.717) is 6.54 Å². The van der Waals surface area contributed by atoms with E-state index >= 15 is 0 Å². The number of nitrogens with one attached hydrogen (secondary N) is 1. The van der Waals surface area contributed by atoms with E-state index in [0.717, 1.165) is 25.9 Å². The molecule has 0 spiro atoms. The van der Waals surface area contributed by atoms with E-state index in [1.807, 2.05) is 0 Å². The Hall–Kier alpha value is -1.10. The van der Waals surface area contributed by atoms with Gasteiger partial charge >= 0.3 is 5.97 Å². The Labute approximate surface area is 121 Å². The third-order valence-electron chi connectivity index (χ3n) is 4.26. The SMILES string of the molecule is CN1CCC(C)(CNC(=O)C(C(=O)O)C(C)(C)C)CC1. The van der Waals surface area contributed by atoms with Gasteiger partial charge in [0.2, 0.25) is 5.91 Å². The number of likely N-dealkylation sites (tertiary alicyclic amines) is 1. The first-order chi connectivity index (χ1) is 9.05. The predicted molar refractivity (Wildman–Crippen MR) is 78.4 cm³/mol. The molecule has 0 saturated carbocycles. The summed E-state index contributed by atoms with van der Waals surface area (Å²) < 4.78 is 0. The summed E-state index contributed by atoms with van der Waals surface area (Å²) in [6, 6.07) is 0. The largest absolute Gasteiger partial charge is 0.481 e. The molecule has 1 unspecified atom stereocenters. The molecular formula is C15H28N2O3. The molecular weight excluding hydrogens is 256 g/mol. The second-order valence-corrected chi connectivity index (χ2v) is 7.47. The Morgan fingerprint density at radius 3 is 2.20 bits per heavy atom. The van der Waals surface area contributed by atoms with Gasteiger partial charge in [-0.05, 0) is 43.8 Å². The van der Waals surface area contributed by atoms with E-state index in [1.165, 1.54) is 0 Å². The average Bonchev–Trinajstić information content (AvgIpc) is 2.29. The Balaban J connectivity index is 2.60. The van der Waals surface area contributed by atoms with Crippen molar-refractivity contribution in [3.8, 4) is 0 Å². The molecule has 20 heavy (non-hydrogen) atoms. The summed E-state index contributed by atoms with van der Waals surface area (Å²) in [5.74, 6) is -2.42. The molecule has 0 radical (unpaired) electrons. The molecule has 1 atom stereocenters. The molecule has 0 aliphatic carbocycles.